The SMILES string of the molecule is CCOCOc1ccc(/C=C/C(=O)O)cc1OCOCC. The van der Waals surface area contributed by atoms with Crippen molar-refractivity contribution in [2.75, 3.05) is 26.8 Å². The van der Waals surface area contributed by atoms with E-state index in [0.717, 1.165) is 6.08 Å². The predicted octanol–water partition coefficient (Wildman–Crippen LogP) is 2.53. The molecule has 1 aromatic carbocycles. The number of hydrogen-bond donors (Lipinski definition) is 1. The van der Waals surface area contributed by atoms with Crippen molar-refractivity contribution in [1.82, 2.24) is 0 Å². The Hall–Kier alpha value is -2.05. The standard InChI is InChI=1S/C15H20O6/c1-3-18-10-20-13-7-5-12(6-8-15(16)17)9-14(13)21-11-19-4-2/h5-9H,3-4,10-11H2,1-2H3,(H,16,17)/b8-6+. The first-order chi connectivity index (χ1) is 10.2. The molecular formula is C15H20O6. The Morgan fingerprint density at radius 3 is 2.29 bits per heavy atom. The van der Waals surface area contributed by atoms with E-state index >= 15 is 0 Å². The van der Waals surface area contributed by atoms with Crippen LogP contribution < -0.4 is 9.47 Å². The van der Waals surface area contributed by atoms with Crippen LogP contribution in [0.1, 0.15) is 19.4 Å². The van der Waals surface area contributed by atoms with Gasteiger partial charge in [0.1, 0.15) is 0 Å². The van der Waals surface area contributed by atoms with Gasteiger partial charge in [-0.1, -0.05) is 6.07 Å². The van der Waals surface area contributed by atoms with Gasteiger partial charge < -0.3 is 24.1 Å². The van der Waals surface area contributed by atoms with Crippen molar-refractivity contribution in [3.8, 4) is 11.5 Å². The summed E-state index contributed by atoms with van der Waals surface area (Å²) in [4.78, 5) is 10.5. The highest BCUT2D eigenvalue weighted by molar-refractivity contribution is 5.85. The fraction of sp³-hybridized carbons (Fsp3) is 0.400. The van der Waals surface area contributed by atoms with Gasteiger partial charge in [-0.15, -0.1) is 0 Å². The fourth-order valence-electron chi connectivity index (χ4n) is 1.40. The summed E-state index contributed by atoms with van der Waals surface area (Å²) in [6.45, 7) is 5.03. The Morgan fingerprint density at radius 2 is 1.71 bits per heavy atom. The highest BCUT2D eigenvalue weighted by Gasteiger charge is 2.06. The summed E-state index contributed by atoms with van der Waals surface area (Å²) in [5, 5.41) is 8.64. The van der Waals surface area contributed by atoms with Gasteiger partial charge in [0.05, 0.1) is 0 Å². The molecule has 0 aromatic heterocycles. The van der Waals surface area contributed by atoms with Crippen molar-refractivity contribution < 1.29 is 28.8 Å². The lowest BCUT2D eigenvalue weighted by atomic mass is 10.2. The second-order valence-corrected chi connectivity index (χ2v) is 3.89. The molecule has 0 aliphatic carbocycles. The van der Waals surface area contributed by atoms with Crippen molar-refractivity contribution in [3.05, 3.63) is 29.8 Å². The monoisotopic (exact) mass is 296 g/mol. The topological polar surface area (TPSA) is 74.2 Å². The van der Waals surface area contributed by atoms with Crippen molar-refractivity contribution in [3.63, 3.8) is 0 Å². The number of aliphatic carboxylic acids is 1. The Balaban J connectivity index is 2.82. The van der Waals surface area contributed by atoms with E-state index in [1.165, 1.54) is 6.08 Å². The zero-order valence-electron chi connectivity index (χ0n) is 12.2. The van der Waals surface area contributed by atoms with Crippen LogP contribution in [0, 0.1) is 0 Å². The molecule has 116 valence electrons. The van der Waals surface area contributed by atoms with Gasteiger partial charge in [-0.2, -0.15) is 0 Å². The predicted molar refractivity (Wildman–Crippen MR) is 77.4 cm³/mol. The Morgan fingerprint density at radius 1 is 1.10 bits per heavy atom. The van der Waals surface area contributed by atoms with E-state index in [0.29, 0.717) is 30.3 Å². The minimum atomic E-state index is -1.01. The number of carbonyl (C=O) groups is 1. The van der Waals surface area contributed by atoms with Crippen LogP contribution in [0.25, 0.3) is 6.08 Å². The summed E-state index contributed by atoms with van der Waals surface area (Å²) in [6.07, 6.45) is 2.53. The van der Waals surface area contributed by atoms with Crippen LogP contribution in [-0.2, 0) is 14.3 Å². The first-order valence-corrected chi connectivity index (χ1v) is 6.63. The summed E-state index contributed by atoms with van der Waals surface area (Å²) in [5.41, 5.74) is 0.688. The van der Waals surface area contributed by atoms with Crippen LogP contribution in [-0.4, -0.2) is 37.9 Å². The Bertz CT molecular complexity index is 469. The largest absolute Gasteiger partial charge is 0.478 e. The number of ether oxygens (including phenoxy) is 4. The van der Waals surface area contributed by atoms with Crippen LogP contribution in [0.15, 0.2) is 24.3 Å². The summed E-state index contributed by atoms with van der Waals surface area (Å²) >= 11 is 0. The molecule has 0 saturated carbocycles. The minimum Gasteiger partial charge on any atom is -0.478 e. The first kappa shape index (κ1) is 17.0. The Labute approximate surface area is 123 Å². The molecule has 0 aliphatic rings. The van der Waals surface area contributed by atoms with E-state index in [1.54, 1.807) is 18.2 Å². The summed E-state index contributed by atoms with van der Waals surface area (Å²) in [6, 6.07) is 5.11. The van der Waals surface area contributed by atoms with Gasteiger partial charge >= 0.3 is 5.97 Å². The lowest BCUT2D eigenvalue weighted by Gasteiger charge is -2.13. The second-order valence-electron chi connectivity index (χ2n) is 3.89. The van der Waals surface area contributed by atoms with Gasteiger partial charge in [-0.3, -0.25) is 0 Å². The average molecular weight is 296 g/mol. The number of rotatable bonds is 10. The quantitative estimate of drug-likeness (QED) is 0.406. The third-order valence-corrected chi connectivity index (χ3v) is 2.39. The third kappa shape index (κ3) is 6.78. The molecule has 21 heavy (non-hydrogen) atoms. The number of carboxylic acid groups (broad SMARTS) is 1. The maximum absolute atomic E-state index is 10.5. The maximum Gasteiger partial charge on any atom is 0.328 e. The molecule has 1 rings (SSSR count). The molecule has 0 aliphatic heterocycles. The van der Waals surface area contributed by atoms with E-state index in [2.05, 4.69) is 0 Å². The summed E-state index contributed by atoms with van der Waals surface area (Å²) in [7, 11) is 0. The lowest BCUT2D eigenvalue weighted by molar-refractivity contribution is -0.131. The summed E-state index contributed by atoms with van der Waals surface area (Å²) in [5.74, 6) is -0.0326. The molecule has 6 heteroatoms. The first-order valence-electron chi connectivity index (χ1n) is 6.63. The highest BCUT2D eigenvalue weighted by Crippen LogP contribution is 2.29. The lowest BCUT2D eigenvalue weighted by Crippen LogP contribution is -2.06. The molecule has 0 unspecified atom stereocenters. The maximum atomic E-state index is 10.5. The van der Waals surface area contributed by atoms with Crippen LogP contribution in [0.2, 0.25) is 0 Å². The molecule has 0 spiro atoms. The van der Waals surface area contributed by atoms with Gasteiger partial charge in [0.15, 0.2) is 25.1 Å². The molecule has 0 saturated heterocycles. The molecular weight excluding hydrogens is 276 g/mol. The number of carboxylic acids is 1. The molecule has 0 atom stereocenters. The van der Waals surface area contributed by atoms with Crippen molar-refractivity contribution in [1.29, 1.82) is 0 Å². The van der Waals surface area contributed by atoms with Crippen LogP contribution in [0.4, 0.5) is 0 Å². The van der Waals surface area contributed by atoms with Crippen molar-refractivity contribution in [2.24, 2.45) is 0 Å². The van der Waals surface area contributed by atoms with E-state index in [1.807, 2.05) is 13.8 Å². The zero-order valence-corrected chi connectivity index (χ0v) is 12.2. The number of benzene rings is 1. The fourth-order valence-corrected chi connectivity index (χ4v) is 1.40. The van der Waals surface area contributed by atoms with E-state index < -0.39 is 5.97 Å². The van der Waals surface area contributed by atoms with Gasteiger partial charge in [0, 0.05) is 19.3 Å². The minimum absolute atomic E-state index is 0.0909. The van der Waals surface area contributed by atoms with Gasteiger partial charge in [-0.05, 0) is 37.6 Å². The molecule has 1 N–H and O–H groups in total. The molecule has 6 nitrogen and oxygen atoms in total. The third-order valence-electron chi connectivity index (χ3n) is 2.39. The Kier molecular flexibility index (Phi) is 7.93. The van der Waals surface area contributed by atoms with E-state index in [9.17, 15) is 4.79 Å². The molecule has 0 amide bonds. The van der Waals surface area contributed by atoms with E-state index in [-0.39, 0.29) is 13.6 Å². The summed E-state index contributed by atoms with van der Waals surface area (Å²) < 4.78 is 21.2. The average Bonchev–Trinajstić information content (AvgIpc) is 2.47. The number of hydrogen-bond acceptors (Lipinski definition) is 5. The van der Waals surface area contributed by atoms with E-state index in [4.69, 9.17) is 24.1 Å². The van der Waals surface area contributed by atoms with Crippen LogP contribution in [0.3, 0.4) is 0 Å². The van der Waals surface area contributed by atoms with Gasteiger partial charge in [-0.25, -0.2) is 4.79 Å². The molecule has 0 fully saturated rings. The normalized spacial score (nSPS) is 10.8. The zero-order chi connectivity index (χ0) is 15.5. The molecule has 0 radical (unpaired) electrons. The van der Waals surface area contributed by atoms with Crippen LogP contribution in [0.5, 0.6) is 11.5 Å². The van der Waals surface area contributed by atoms with Crippen LogP contribution >= 0.6 is 0 Å². The highest BCUT2D eigenvalue weighted by atomic mass is 16.7. The second kappa shape index (κ2) is 9.79. The molecule has 1 aromatic rings. The molecule has 0 heterocycles. The van der Waals surface area contributed by atoms with Gasteiger partial charge in [0.25, 0.3) is 0 Å². The smallest absolute Gasteiger partial charge is 0.328 e. The van der Waals surface area contributed by atoms with Crippen molar-refractivity contribution >= 4 is 12.0 Å². The van der Waals surface area contributed by atoms with Crippen molar-refractivity contribution in [2.45, 2.75) is 13.8 Å². The van der Waals surface area contributed by atoms with Gasteiger partial charge in [0.2, 0.25) is 0 Å². The molecule has 0 bridgehead atoms.